The molecule has 1 heteroatoms. The third kappa shape index (κ3) is 19800. The number of carbonyl (C=O) groups excluding carboxylic acids is 1. The molecule has 0 aromatic rings. The minimum absolute atomic E-state index is 0.639. The summed E-state index contributed by atoms with van der Waals surface area (Å²) in [5.41, 5.74) is 0. The zero-order valence-electron chi connectivity index (χ0n) is 6.84. The number of aldehydes is 1. The summed E-state index contributed by atoms with van der Waals surface area (Å²) in [6.07, 6.45) is 5.33. The maximum absolute atomic E-state index is 9.06. The van der Waals surface area contributed by atoms with Crippen molar-refractivity contribution in [2.45, 2.75) is 13.8 Å². The largest absolute Gasteiger partial charge is 0.299 e. The van der Waals surface area contributed by atoms with E-state index >= 15 is 0 Å². The lowest BCUT2D eigenvalue weighted by Gasteiger charge is -1.37. The average molecular weight is 140 g/mol. The van der Waals surface area contributed by atoms with Crippen LogP contribution < -0.4 is 0 Å². The van der Waals surface area contributed by atoms with Gasteiger partial charge in [0.05, 0.1) is 0 Å². The van der Waals surface area contributed by atoms with E-state index in [0.717, 1.165) is 0 Å². The van der Waals surface area contributed by atoms with Crippen molar-refractivity contribution in [1.82, 2.24) is 0 Å². The van der Waals surface area contributed by atoms with Crippen LogP contribution in [0.1, 0.15) is 13.8 Å². The Hall–Kier alpha value is -1.11. The van der Waals surface area contributed by atoms with Crippen molar-refractivity contribution in [1.29, 1.82) is 0 Å². The topological polar surface area (TPSA) is 17.1 Å². The van der Waals surface area contributed by atoms with Gasteiger partial charge >= 0.3 is 0 Å². The van der Waals surface area contributed by atoms with Gasteiger partial charge in [0.15, 0.2) is 0 Å². The predicted octanol–water partition coefficient (Wildman–Crippen LogP) is 2.76. The van der Waals surface area contributed by atoms with Crippen molar-refractivity contribution in [2.75, 3.05) is 0 Å². The zero-order chi connectivity index (χ0) is 8.83. The Labute approximate surface area is 63.8 Å². The van der Waals surface area contributed by atoms with Crippen LogP contribution in [-0.4, -0.2) is 6.29 Å². The van der Waals surface area contributed by atoms with Gasteiger partial charge in [0.2, 0.25) is 0 Å². The fourth-order valence-electron chi connectivity index (χ4n) is 0. The van der Waals surface area contributed by atoms with Crippen molar-refractivity contribution in [3.8, 4) is 0 Å². The van der Waals surface area contributed by atoms with Crippen LogP contribution in [0.2, 0.25) is 0 Å². The molecule has 0 fully saturated rings. The molecule has 0 aromatic carbocycles. The number of allylic oxidation sites excluding steroid dienone is 3. The minimum atomic E-state index is 0.639. The summed E-state index contributed by atoms with van der Waals surface area (Å²) < 4.78 is 0. The third-order valence-corrected chi connectivity index (χ3v) is 0.0962. The summed E-state index contributed by atoms with van der Waals surface area (Å²) in [7, 11) is 0. The van der Waals surface area contributed by atoms with Gasteiger partial charge in [-0.15, -0.1) is 13.2 Å². The van der Waals surface area contributed by atoms with Crippen LogP contribution in [-0.2, 0) is 4.79 Å². The first-order valence-electron chi connectivity index (χ1n) is 2.95. The van der Waals surface area contributed by atoms with Gasteiger partial charge in [-0.05, 0) is 19.9 Å². The molecule has 0 atom stereocenters. The standard InChI is InChI=1S/C3H4O.2C3H6/c1-2-3-4;2*1-3-2/h2-3H,1H2;2*3H,1H2,2H3. The van der Waals surface area contributed by atoms with Crippen LogP contribution in [0.5, 0.6) is 0 Å². The molecule has 0 spiro atoms. The second-order valence-corrected chi connectivity index (χ2v) is 1.19. The molecule has 0 heterocycles. The van der Waals surface area contributed by atoms with E-state index in [1.54, 1.807) is 12.2 Å². The third-order valence-electron chi connectivity index (χ3n) is 0.0962. The number of hydrogen-bond donors (Lipinski definition) is 0. The van der Waals surface area contributed by atoms with Crippen LogP contribution in [0.15, 0.2) is 38.0 Å². The summed E-state index contributed by atoms with van der Waals surface area (Å²) in [6, 6.07) is 0. The summed E-state index contributed by atoms with van der Waals surface area (Å²) in [5.74, 6) is 0. The van der Waals surface area contributed by atoms with Crippen LogP contribution in [0, 0.1) is 0 Å². The van der Waals surface area contributed by atoms with Gasteiger partial charge in [-0.25, -0.2) is 0 Å². The van der Waals surface area contributed by atoms with E-state index in [0.29, 0.717) is 6.29 Å². The first-order chi connectivity index (χ1) is 4.74. The lowest BCUT2D eigenvalue weighted by molar-refractivity contribution is -0.104. The highest BCUT2D eigenvalue weighted by atomic mass is 16.1. The quantitative estimate of drug-likeness (QED) is 0.311. The molecule has 0 bridgehead atoms. The van der Waals surface area contributed by atoms with E-state index in [-0.39, 0.29) is 0 Å². The SMILES string of the molecule is C=CC.C=CC.C=CC=O. The Kier molecular flexibility index (Phi) is 71.5. The van der Waals surface area contributed by atoms with E-state index in [2.05, 4.69) is 19.7 Å². The average Bonchev–Trinajstić information content (AvgIpc) is 1.91. The van der Waals surface area contributed by atoms with Gasteiger partial charge in [-0.2, -0.15) is 0 Å². The summed E-state index contributed by atoms with van der Waals surface area (Å²) in [5, 5.41) is 0. The van der Waals surface area contributed by atoms with Crippen LogP contribution in [0.25, 0.3) is 0 Å². The van der Waals surface area contributed by atoms with E-state index in [9.17, 15) is 0 Å². The lowest BCUT2D eigenvalue weighted by Crippen LogP contribution is -1.44. The predicted molar refractivity (Wildman–Crippen MR) is 48.0 cm³/mol. The highest BCUT2D eigenvalue weighted by Crippen LogP contribution is 1.38. The Bertz CT molecular complexity index is 70.7. The van der Waals surface area contributed by atoms with Crippen molar-refractivity contribution in [2.24, 2.45) is 0 Å². The van der Waals surface area contributed by atoms with Crippen molar-refractivity contribution in [3.05, 3.63) is 38.0 Å². The van der Waals surface area contributed by atoms with Crippen LogP contribution in [0.3, 0.4) is 0 Å². The summed E-state index contributed by atoms with van der Waals surface area (Å²) in [6.45, 7) is 13.6. The molecule has 0 saturated carbocycles. The number of carbonyl (C=O) groups is 1. The molecule has 0 N–H and O–H groups in total. The van der Waals surface area contributed by atoms with Crippen molar-refractivity contribution >= 4 is 6.29 Å². The molecule has 0 aromatic heterocycles. The van der Waals surface area contributed by atoms with Gasteiger partial charge in [0.1, 0.15) is 6.29 Å². The summed E-state index contributed by atoms with van der Waals surface area (Å²) >= 11 is 0. The minimum Gasteiger partial charge on any atom is -0.299 e. The smallest absolute Gasteiger partial charge is 0.142 e. The van der Waals surface area contributed by atoms with E-state index in [1.165, 1.54) is 6.08 Å². The van der Waals surface area contributed by atoms with E-state index in [4.69, 9.17) is 4.79 Å². The van der Waals surface area contributed by atoms with E-state index in [1.807, 2.05) is 13.8 Å². The Balaban J connectivity index is -0.0000000750. The first kappa shape index (κ1) is 16.0. The Morgan fingerprint density at radius 1 is 1.00 bits per heavy atom. The Morgan fingerprint density at radius 2 is 1.10 bits per heavy atom. The highest BCUT2D eigenvalue weighted by molar-refractivity contribution is 5.63. The highest BCUT2D eigenvalue weighted by Gasteiger charge is 1.38. The zero-order valence-corrected chi connectivity index (χ0v) is 6.84. The molecule has 0 unspecified atom stereocenters. The molecule has 1 nitrogen and oxygen atoms in total. The second-order valence-electron chi connectivity index (χ2n) is 1.19. The van der Waals surface area contributed by atoms with Gasteiger partial charge < -0.3 is 0 Å². The molecule has 10 heavy (non-hydrogen) atoms. The Morgan fingerprint density at radius 3 is 1.10 bits per heavy atom. The molecule has 0 radical (unpaired) electrons. The molecule has 0 rings (SSSR count). The number of hydrogen-bond acceptors (Lipinski definition) is 1. The molecule has 0 aliphatic heterocycles. The fourth-order valence-corrected chi connectivity index (χ4v) is 0. The maximum Gasteiger partial charge on any atom is 0.142 e. The molecule has 0 aliphatic carbocycles. The van der Waals surface area contributed by atoms with Crippen LogP contribution >= 0.6 is 0 Å². The lowest BCUT2D eigenvalue weighted by atomic mass is 10.8. The molecular formula is C9H16O. The normalized spacial score (nSPS) is 4.60. The first-order valence-corrected chi connectivity index (χ1v) is 2.95. The van der Waals surface area contributed by atoms with E-state index < -0.39 is 0 Å². The molecule has 58 valence electrons. The van der Waals surface area contributed by atoms with Gasteiger partial charge in [0.25, 0.3) is 0 Å². The molecule has 0 amide bonds. The van der Waals surface area contributed by atoms with Gasteiger partial charge in [-0.1, -0.05) is 18.7 Å². The summed E-state index contributed by atoms with van der Waals surface area (Å²) in [4.78, 5) is 9.06. The fraction of sp³-hybridized carbons (Fsp3) is 0.222. The molecule has 0 aliphatic rings. The van der Waals surface area contributed by atoms with Crippen LogP contribution in [0.4, 0.5) is 0 Å². The van der Waals surface area contributed by atoms with Crippen molar-refractivity contribution in [3.63, 3.8) is 0 Å². The second kappa shape index (κ2) is 44.8. The monoisotopic (exact) mass is 140 g/mol. The van der Waals surface area contributed by atoms with Gasteiger partial charge in [-0.3, -0.25) is 4.79 Å². The van der Waals surface area contributed by atoms with Gasteiger partial charge in [0, 0.05) is 0 Å². The van der Waals surface area contributed by atoms with Crippen molar-refractivity contribution < 1.29 is 4.79 Å². The molecular weight excluding hydrogens is 124 g/mol. The number of rotatable bonds is 1. The maximum atomic E-state index is 9.06. The molecule has 0 saturated heterocycles.